The zero-order valence-electron chi connectivity index (χ0n) is 14.6. The molecular weight excluding hydrogens is 344 g/mol. The molecule has 2 N–H and O–H groups in total. The molecule has 0 saturated heterocycles. The third-order valence-corrected chi connectivity index (χ3v) is 3.31. The number of carbonyl (C=O) groups excluding carboxylic acids is 3. The molecule has 0 aromatic heterocycles. The van der Waals surface area contributed by atoms with E-state index in [0.29, 0.717) is 0 Å². The Bertz CT molecular complexity index is 815. The first-order valence-corrected chi connectivity index (χ1v) is 8.35. The van der Waals surface area contributed by atoms with Crippen molar-refractivity contribution in [2.75, 3.05) is 13.2 Å². The van der Waals surface area contributed by atoms with E-state index in [9.17, 15) is 14.4 Å². The molecule has 0 aliphatic carbocycles. The van der Waals surface area contributed by atoms with Gasteiger partial charge in [0.15, 0.2) is 0 Å². The second kappa shape index (κ2) is 11.0. The Morgan fingerprint density at radius 3 is 1.96 bits per heavy atom. The fraction of sp³-hybridized carbons (Fsp3) is 0.0952. The summed E-state index contributed by atoms with van der Waals surface area (Å²) in [5.41, 5.74) is 1.73. The minimum Gasteiger partial charge on any atom is -0.461 e. The summed E-state index contributed by atoms with van der Waals surface area (Å²) in [6, 6.07) is 17.9. The molecule has 2 rings (SSSR count). The molecule has 138 valence electrons. The highest BCUT2D eigenvalue weighted by atomic mass is 16.5. The van der Waals surface area contributed by atoms with Crippen LogP contribution in [0.2, 0.25) is 0 Å². The number of hydrogen-bond donors (Lipinski definition) is 2. The van der Waals surface area contributed by atoms with Crippen molar-refractivity contribution in [1.82, 2.24) is 10.6 Å². The van der Waals surface area contributed by atoms with E-state index < -0.39 is 17.9 Å². The molecule has 0 unspecified atom stereocenters. The molecule has 0 spiro atoms. The van der Waals surface area contributed by atoms with Crippen molar-refractivity contribution in [2.24, 2.45) is 0 Å². The number of urea groups is 1. The van der Waals surface area contributed by atoms with E-state index in [2.05, 4.69) is 10.6 Å². The highest BCUT2D eigenvalue weighted by Crippen LogP contribution is 2.01. The molecule has 0 aliphatic heterocycles. The standard InChI is InChI=1S/C21H20N2O4/c24-19(13-11-17-7-3-1-4-8-17)23-21(26)22-15-16-27-20(25)14-12-18-9-5-2-6-10-18/h1-14H,15-16H2,(H2,22,23,24,26)/b13-11+,14-12+. The van der Waals surface area contributed by atoms with E-state index in [1.807, 2.05) is 60.7 Å². The Balaban J connectivity index is 1.61. The summed E-state index contributed by atoms with van der Waals surface area (Å²) in [5.74, 6) is -1.05. The molecule has 0 heterocycles. The lowest BCUT2D eigenvalue weighted by molar-refractivity contribution is -0.137. The molecule has 0 saturated carbocycles. The first-order valence-electron chi connectivity index (χ1n) is 8.35. The molecule has 2 aromatic carbocycles. The summed E-state index contributed by atoms with van der Waals surface area (Å²) >= 11 is 0. The van der Waals surface area contributed by atoms with Gasteiger partial charge in [-0.25, -0.2) is 9.59 Å². The summed E-state index contributed by atoms with van der Waals surface area (Å²) in [6.45, 7) is 0.0891. The molecular formula is C21H20N2O4. The van der Waals surface area contributed by atoms with E-state index in [1.54, 1.807) is 12.2 Å². The Morgan fingerprint density at radius 1 is 0.815 bits per heavy atom. The lowest BCUT2D eigenvalue weighted by atomic mass is 10.2. The summed E-state index contributed by atoms with van der Waals surface area (Å²) in [4.78, 5) is 34.8. The van der Waals surface area contributed by atoms with Crippen molar-refractivity contribution < 1.29 is 19.1 Å². The second-order valence-electron chi connectivity index (χ2n) is 5.40. The highest BCUT2D eigenvalue weighted by Gasteiger charge is 2.04. The van der Waals surface area contributed by atoms with Crippen molar-refractivity contribution in [1.29, 1.82) is 0 Å². The van der Waals surface area contributed by atoms with E-state index in [-0.39, 0.29) is 13.2 Å². The fourth-order valence-electron chi connectivity index (χ4n) is 2.03. The monoisotopic (exact) mass is 364 g/mol. The van der Waals surface area contributed by atoms with Crippen molar-refractivity contribution in [3.8, 4) is 0 Å². The number of nitrogens with one attached hydrogen (secondary N) is 2. The number of imide groups is 1. The highest BCUT2D eigenvalue weighted by molar-refractivity contribution is 6.02. The van der Waals surface area contributed by atoms with Gasteiger partial charge in [0.1, 0.15) is 6.61 Å². The van der Waals surface area contributed by atoms with Gasteiger partial charge in [-0.05, 0) is 23.3 Å². The molecule has 6 heteroatoms. The lowest BCUT2D eigenvalue weighted by Gasteiger charge is -2.05. The number of hydrogen-bond acceptors (Lipinski definition) is 4. The summed E-state index contributed by atoms with van der Waals surface area (Å²) in [6.07, 6.45) is 5.82. The van der Waals surface area contributed by atoms with Crippen LogP contribution in [0.4, 0.5) is 4.79 Å². The maximum absolute atomic E-state index is 11.6. The van der Waals surface area contributed by atoms with Gasteiger partial charge in [0.25, 0.3) is 5.91 Å². The van der Waals surface area contributed by atoms with Crippen LogP contribution in [0.3, 0.4) is 0 Å². The number of carbonyl (C=O) groups is 3. The Kier molecular flexibility index (Phi) is 8.04. The van der Waals surface area contributed by atoms with Crippen LogP contribution in [0, 0.1) is 0 Å². The lowest BCUT2D eigenvalue weighted by Crippen LogP contribution is -2.40. The van der Waals surface area contributed by atoms with E-state index in [0.717, 1.165) is 11.1 Å². The SMILES string of the molecule is O=C(/C=C/c1ccccc1)NC(=O)NCCOC(=O)/C=C/c1ccccc1. The molecule has 0 aliphatic rings. The maximum Gasteiger partial charge on any atom is 0.330 e. The van der Waals surface area contributed by atoms with Crippen LogP contribution in [-0.4, -0.2) is 31.1 Å². The van der Waals surface area contributed by atoms with Crippen LogP contribution in [0.15, 0.2) is 72.8 Å². The minimum absolute atomic E-state index is 0.000567. The summed E-state index contributed by atoms with van der Waals surface area (Å²) < 4.78 is 4.96. The predicted molar refractivity (Wildman–Crippen MR) is 103 cm³/mol. The third-order valence-electron chi connectivity index (χ3n) is 3.31. The molecule has 3 amide bonds. The van der Waals surface area contributed by atoms with Crippen LogP contribution >= 0.6 is 0 Å². The molecule has 2 aromatic rings. The van der Waals surface area contributed by atoms with Crippen molar-refractivity contribution in [3.63, 3.8) is 0 Å². The molecule has 0 bridgehead atoms. The molecule has 0 fully saturated rings. The zero-order valence-corrected chi connectivity index (χ0v) is 14.6. The largest absolute Gasteiger partial charge is 0.461 e. The van der Waals surface area contributed by atoms with Gasteiger partial charge in [0.2, 0.25) is 0 Å². The van der Waals surface area contributed by atoms with Gasteiger partial charge < -0.3 is 10.1 Å². The number of benzene rings is 2. The molecule has 0 atom stereocenters. The zero-order chi connectivity index (χ0) is 19.3. The number of esters is 1. The van der Waals surface area contributed by atoms with Gasteiger partial charge in [-0.15, -0.1) is 0 Å². The average Bonchev–Trinajstić information content (AvgIpc) is 2.70. The minimum atomic E-state index is -0.659. The second-order valence-corrected chi connectivity index (χ2v) is 5.40. The van der Waals surface area contributed by atoms with Crippen LogP contribution in [0.5, 0.6) is 0 Å². The maximum atomic E-state index is 11.6. The van der Waals surface area contributed by atoms with Crippen LogP contribution in [0.1, 0.15) is 11.1 Å². The first kappa shape index (κ1) is 19.7. The Hall–Kier alpha value is -3.67. The molecule has 6 nitrogen and oxygen atoms in total. The summed E-state index contributed by atoms with van der Waals surface area (Å²) in [5, 5.41) is 4.59. The van der Waals surface area contributed by atoms with Gasteiger partial charge in [-0.1, -0.05) is 60.7 Å². The van der Waals surface area contributed by atoms with Crippen LogP contribution < -0.4 is 10.6 Å². The van der Waals surface area contributed by atoms with Gasteiger partial charge in [0.05, 0.1) is 6.54 Å². The fourth-order valence-corrected chi connectivity index (χ4v) is 2.03. The van der Waals surface area contributed by atoms with E-state index in [4.69, 9.17) is 4.74 Å². The first-order chi connectivity index (χ1) is 13.1. The van der Waals surface area contributed by atoms with Crippen molar-refractivity contribution >= 4 is 30.1 Å². The van der Waals surface area contributed by atoms with Gasteiger partial charge in [-0.2, -0.15) is 0 Å². The van der Waals surface area contributed by atoms with Crippen LogP contribution in [-0.2, 0) is 14.3 Å². The Morgan fingerprint density at radius 2 is 1.37 bits per heavy atom. The summed E-state index contributed by atoms with van der Waals surface area (Å²) in [7, 11) is 0. The van der Waals surface area contributed by atoms with Gasteiger partial charge in [0, 0.05) is 12.2 Å². The topological polar surface area (TPSA) is 84.5 Å². The number of amides is 3. The molecule has 0 radical (unpaired) electrons. The van der Waals surface area contributed by atoms with E-state index >= 15 is 0 Å². The van der Waals surface area contributed by atoms with Gasteiger partial charge >= 0.3 is 12.0 Å². The smallest absolute Gasteiger partial charge is 0.330 e. The quantitative estimate of drug-likeness (QED) is 0.449. The normalized spacial score (nSPS) is 10.7. The number of rotatable bonds is 7. The van der Waals surface area contributed by atoms with Crippen molar-refractivity contribution in [3.05, 3.63) is 83.9 Å². The average molecular weight is 364 g/mol. The van der Waals surface area contributed by atoms with E-state index in [1.165, 1.54) is 12.2 Å². The Labute approximate surface area is 157 Å². The van der Waals surface area contributed by atoms with Crippen LogP contribution in [0.25, 0.3) is 12.2 Å². The molecule has 27 heavy (non-hydrogen) atoms. The predicted octanol–water partition coefficient (Wildman–Crippen LogP) is 2.78. The third kappa shape index (κ3) is 8.31. The number of ether oxygens (including phenoxy) is 1. The van der Waals surface area contributed by atoms with Gasteiger partial charge in [-0.3, -0.25) is 10.1 Å². The van der Waals surface area contributed by atoms with Crippen molar-refractivity contribution in [2.45, 2.75) is 0 Å².